The summed E-state index contributed by atoms with van der Waals surface area (Å²) in [4.78, 5) is 18.1. The summed E-state index contributed by atoms with van der Waals surface area (Å²) in [5.74, 6) is 0.824. The van der Waals surface area contributed by atoms with Crippen LogP contribution in [0.5, 0.6) is 5.75 Å². The van der Waals surface area contributed by atoms with E-state index in [-0.39, 0.29) is 11.7 Å². The lowest BCUT2D eigenvalue weighted by atomic mass is 9.95. The van der Waals surface area contributed by atoms with Crippen LogP contribution in [0, 0.1) is 0 Å². The first-order valence-corrected chi connectivity index (χ1v) is 10.7. The molecule has 1 atom stereocenters. The van der Waals surface area contributed by atoms with Crippen molar-refractivity contribution in [1.82, 2.24) is 14.8 Å². The van der Waals surface area contributed by atoms with Gasteiger partial charge in [0.25, 0.3) is 5.91 Å². The molecule has 0 bridgehead atoms. The maximum atomic E-state index is 13.4. The van der Waals surface area contributed by atoms with E-state index in [0.29, 0.717) is 39.3 Å². The Kier molecular flexibility index (Phi) is 5.32. The Morgan fingerprint density at radius 2 is 1.73 bits per heavy atom. The van der Waals surface area contributed by atoms with Gasteiger partial charge in [0, 0.05) is 16.9 Å². The van der Waals surface area contributed by atoms with E-state index in [1.165, 1.54) is 0 Å². The highest BCUT2D eigenvalue weighted by Crippen LogP contribution is 2.38. The average molecular weight is 458 g/mol. The Hall–Kier alpha value is -4.10. The van der Waals surface area contributed by atoms with Crippen LogP contribution in [-0.2, 0) is 4.79 Å². The molecule has 8 heteroatoms. The smallest absolute Gasteiger partial charge is 0.255 e. The second-order valence-corrected chi connectivity index (χ2v) is 8.07. The fourth-order valence-corrected chi connectivity index (χ4v) is 4.11. The molecule has 3 aromatic carbocycles. The fourth-order valence-electron chi connectivity index (χ4n) is 3.89. The van der Waals surface area contributed by atoms with E-state index in [1.807, 2.05) is 55.5 Å². The normalized spacial score (nSPS) is 15.0. The fraction of sp³-hybridized carbons (Fsp3) is 0.0800. The van der Waals surface area contributed by atoms with E-state index in [1.54, 1.807) is 35.0 Å². The van der Waals surface area contributed by atoms with Crippen molar-refractivity contribution in [1.29, 1.82) is 0 Å². The molecule has 33 heavy (non-hydrogen) atoms. The lowest BCUT2D eigenvalue weighted by molar-refractivity contribution is -0.113. The van der Waals surface area contributed by atoms with Crippen LogP contribution in [0.1, 0.15) is 18.5 Å². The van der Waals surface area contributed by atoms with Crippen molar-refractivity contribution in [3.8, 4) is 17.1 Å². The minimum absolute atomic E-state index is 0.138. The van der Waals surface area contributed by atoms with Crippen LogP contribution in [0.2, 0.25) is 5.02 Å². The lowest BCUT2D eigenvalue weighted by Crippen LogP contribution is -2.31. The second kappa shape index (κ2) is 8.44. The Morgan fingerprint density at radius 1 is 1.03 bits per heavy atom. The van der Waals surface area contributed by atoms with E-state index >= 15 is 0 Å². The minimum atomic E-state index is -0.561. The number of rotatable bonds is 4. The highest BCUT2D eigenvalue weighted by molar-refractivity contribution is 6.33. The predicted octanol–water partition coefficient (Wildman–Crippen LogP) is 5.23. The molecule has 0 fully saturated rings. The third kappa shape index (κ3) is 3.94. The number of nitrogens with zero attached hydrogens (tertiary/aromatic N) is 3. The summed E-state index contributed by atoms with van der Waals surface area (Å²) in [6.07, 6.45) is 0. The largest absolute Gasteiger partial charge is 0.508 e. The van der Waals surface area contributed by atoms with Gasteiger partial charge in [-0.25, -0.2) is 4.68 Å². The molecule has 0 aliphatic carbocycles. The molecule has 4 aromatic rings. The number of fused-ring (bicyclic) bond motifs is 1. The number of amides is 1. The van der Waals surface area contributed by atoms with Crippen molar-refractivity contribution < 1.29 is 9.90 Å². The summed E-state index contributed by atoms with van der Waals surface area (Å²) >= 11 is 6.38. The molecule has 1 aliphatic rings. The summed E-state index contributed by atoms with van der Waals surface area (Å²) < 4.78 is 1.68. The number of carbonyl (C=O) groups excluding carboxylic acids is 1. The predicted molar refractivity (Wildman–Crippen MR) is 128 cm³/mol. The number of nitrogens with one attached hydrogen (secondary N) is 2. The highest BCUT2D eigenvalue weighted by atomic mass is 35.5. The third-order valence-electron chi connectivity index (χ3n) is 5.45. The maximum absolute atomic E-state index is 13.4. The molecule has 1 amide bonds. The van der Waals surface area contributed by atoms with Gasteiger partial charge in [-0.1, -0.05) is 54.1 Å². The second-order valence-electron chi connectivity index (χ2n) is 7.66. The molecule has 7 nitrogen and oxygen atoms in total. The molecule has 2 heterocycles. The van der Waals surface area contributed by atoms with Crippen LogP contribution in [0.4, 0.5) is 11.6 Å². The molecule has 0 saturated carbocycles. The summed E-state index contributed by atoms with van der Waals surface area (Å²) in [5.41, 5.74) is 3.32. The van der Waals surface area contributed by atoms with E-state index < -0.39 is 6.04 Å². The number of benzene rings is 3. The van der Waals surface area contributed by atoms with E-state index in [2.05, 4.69) is 15.6 Å². The molecular weight excluding hydrogens is 438 g/mol. The van der Waals surface area contributed by atoms with Crippen molar-refractivity contribution in [3.05, 3.63) is 101 Å². The number of hydrogen-bond acceptors (Lipinski definition) is 5. The highest BCUT2D eigenvalue weighted by Gasteiger charge is 2.34. The Morgan fingerprint density at radius 3 is 2.45 bits per heavy atom. The van der Waals surface area contributed by atoms with Crippen molar-refractivity contribution in [2.24, 2.45) is 0 Å². The Balaban J connectivity index is 1.62. The van der Waals surface area contributed by atoms with Gasteiger partial charge in [-0.15, -0.1) is 5.10 Å². The van der Waals surface area contributed by atoms with Gasteiger partial charge < -0.3 is 15.7 Å². The Bertz CT molecular complexity index is 1360. The number of phenols is 1. The molecule has 1 aliphatic heterocycles. The molecule has 1 aromatic heterocycles. The molecular formula is C25H20ClN5O2. The van der Waals surface area contributed by atoms with Crippen LogP contribution < -0.4 is 10.6 Å². The molecule has 0 radical (unpaired) electrons. The zero-order chi connectivity index (χ0) is 22.9. The number of halogens is 1. The molecule has 0 spiro atoms. The number of hydrogen-bond donors (Lipinski definition) is 3. The van der Waals surface area contributed by atoms with Gasteiger partial charge in [0.2, 0.25) is 5.95 Å². The number of para-hydroxylation sites is 1. The van der Waals surface area contributed by atoms with Gasteiger partial charge in [-0.3, -0.25) is 4.79 Å². The van der Waals surface area contributed by atoms with Gasteiger partial charge in [0.1, 0.15) is 11.8 Å². The van der Waals surface area contributed by atoms with Crippen LogP contribution in [-0.4, -0.2) is 25.8 Å². The van der Waals surface area contributed by atoms with Gasteiger partial charge in [0.05, 0.1) is 10.6 Å². The number of phenolic OH excluding ortho intramolecular Hbond substituents is 1. The number of anilines is 2. The van der Waals surface area contributed by atoms with Crippen molar-refractivity contribution in [3.63, 3.8) is 0 Å². The Labute approximate surface area is 195 Å². The topological polar surface area (TPSA) is 92.1 Å². The maximum Gasteiger partial charge on any atom is 0.255 e. The van der Waals surface area contributed by atoms with E-state index in [9.17, 15) is 9.90 Å². The molecule has 5 rings (SSSR count). The monoisotopic (exact) mass is 457 g/mol. The number of carbonyl (C=O) groups is 1. The first-order chi connectivity index (χ1) is 16.0. The summed E-state index contributed by atoms with van der Waals surface area (Å²) in [6.45, 7) is 1.83. The summed E-state index contributed by atoms with van der Waals surface area (Å²) in [6, 6.07) is 22.8. The number of allylic oxidation sites excluding steroid dienone is 1. The number of aromatic nitrogens is 3. The van der Waals surface area contributed by atoms with E-state index in [0.717, 1.165) is 5.56 Å². The third-order valence-corrected chi connectivity index (χ3v) is 5.78. The summed E-state index contributed by atoms with van der Waals surface area (Å²) in [7, 11) is 0. The first kappa shape index (κ1) is 20.8. The van der Waals surface area contributed by atoms with Gasteiger partial charge >= 0.3 is 0 Å². The van der Waals surface area contributed by atoms with Crippen LogP contribution in [0.25, 0.3) is 11.4 Å². The van der Waals surface area contributed by atoms with Gasteiger partial charge in [-0.05, 0) is 48.9 Å². The number of aromatic hydroxyl groups is 1. The average Bonchev–Trinajstić information content (AvgIpc) is 3.23. The molecule has 164 valence electrons. The van der Waals surface area contributed by atoms with E-state index in [4.69, 9.17) is 16.7 Å². The van der Waals surface area contributed by atoms with Crippen LogP contribution in [0.15, 0.2) is 90.1 Å². The van der Waals surface area contributed by atoms with Gasteiger partial charge in [0.15, 0.2) is 5.82 Å². The van der Waals surface area contributed by atoms with Crippen LogP contribution >= 0.6 is 11.6 Å². The standard InChI is InChI=1S/C25H20ClN5O2/c1-15-21(24(33)28-17-7-3-2-4-8-17)22(16-11-13-18(32)14-12-16)31-25(27-15)29-23(30-31)19-9-5-6-10-20(19)26/h2-14,22,32H,1H3,(H,28,33)(H,27,29,30)/t22-/m0/s1. The van der Waals surface area contributed by atoms with Gasteiger partial charge in [-0.2, -0.15) is 4.98 Å². The first-order valence-electron chi connectivity index (χ1n) is 10.4. The molecule has 3 N–H and O–H groups in total. The van der Waals surface area contributed by atoms with Crippen molar-refractivity contribution in [2.45, 2.75) is 13.0 Å². The molecule has 0 unspecified atom stereocenters. The van der Waals surface area contributed by atoms with Crippen molar-refractivity contribution >= 4 is 29.1 Å². The zero-order valence-electron chi connectivity index (χ0n) is 17.7. The van der Waals surface area contributed by atoms with Crippen molar-refractivity contribution in [2.75, 3.05) is 10.6 Å². The molecule has 0 saturated heterocycles. The quantitative estimate of drug-likeness (QED) is 0.390. The summed E-state index contributed by atoms with van der Waals surface area (Å²) in [5, 5.41) is 21.2. The van der Waals surface area contributed by atoms with Crippen LogP contribution in [0.3, 0.4) is 0 Å². The zero-order valence-corrected chi connectivity index (χ0v) is 18.4. The lowest BCUT2D eigenvalue weighted by Gasteiger charge is -2.28. The minimum Gasteiger partial charge on any atom is -0.508 e. The SMILES string of the molecule is CC1=C(C(=O)Nc2ccccc2)[C@H](c2ccc(O)cc2)n2nc(-c3ccccc3Cl)nc2N1.